The second-order valence-electron chi connectivity index (χ2n) is 5.30. The third-order valence-electron chi connectivity index (χ3n) is 3.64. The lowest BCUT2D eigenvalue weighted by Crippen LogP contribution is -2.11. The highest BCUT2D eigenvalue weighted by Gasteiger charge is 2.09. The van der Waals surface area contributed by atoms with Gasteiger partial charge < -0.3 is 10.1 Å². The molecule has 5 heteroatoms. The van der Waals surface area contributed by atoms with E-state index in [0.29, 0.717) is 21.4 Å². The molecule has 0 saturated carbocycles. The van der Waals surface area contributed by atoms with Crippen molar-refractivity contribution in [3.8, 4) is 5.75 Å². The van der Waals surface area contributed by atoms with Gasteiger partial charge in [-0.1, -0.05) is 48.3 Å². The van der Waals surface area contributed by atoms with Crippen LogP contribution in [0.5, 0.6) is 5.75 Å². The van der Waals surface area contributed by atoms with Crippen molar-refractivity contribution >= 4 is 40.9 Å². The number of ether oxygens (including phenoxy) is 1. The first-order chi connectivity index (χ1) is 11.5. The third kappa shape index (κ3) is 4.31. The summed E-state index contributed by atoms with van der Waals surface area (Å²) in [6.07, 6.45) is 3.92. The predicted octanol–water partition coefficient (Wildman–Crippen LogP) is 5.52. The van der Waals surface area contributed by atoms with E-state index in [2.05, 4.69) is 12.2 Å². The van der Waals surface area contributed by atoms with Gasteiger partial charge in [0.1, 0.15) is 5.75 Å². The molecule has 0 spiro atoms. The van der Waals surface area contributed by atoms with Gasteiger partial charge in [0.05, 0.1) is 12.1 Å². The number of amides is 1. The molecular formula is C19H19Cl2NO2. The number of benzene rings is 2. The van der Waals surface area contributed by atoms with Crippen LogP contribution in [-0.4, -0.2) is 13.0 Å². The molecule has 0 aliphatic heterocycles. The van der Waals surface area contributed by atoms with Gasteiger partial charge in [0.2, 0.25) is 5.91 Å². The monoisotopic (exact) mass is 363 g/mol. The average molecular weight is 364 g/mol. The van der Waals surface area contributed by atoms with Gasteiger partial charge in [-0.25, -0.2) is 0 Å². The summed E-state index contributed by atoms with van der Waals surface area (Å²) >= 11 is 12.1. The molecular weight excluding hydrogens is 345 g/mol. The molecule has 1 amide bonds. The van der Waals surface area contributed by atoms with Crippen LogP contribution in [0.3, 0.4) is 0 Å². The Kier molecular flexibility index (Phi) is 6.29. The lowest BCUT2D eigenvalue weighted by atomic mass is 10.1. The SMILES string of the molecule is CCc1cccc(C)c1NC(=O)/C=C/c1cc(Cl)cc(Cl)c1OC. The molecule has 0 radical (unpaired) electrons. The lowest BCUT2D eigenvalue weighted by molar-refractivity contribution is -0.111. The molecule has 24 heavy (non-hydrogen) atoms. The molecule has 2 aromatic rings. The lowest BCUT2D eigenvalue weighted by Gasteiger charge is -2.11. The van der Waals surface area contributed by atoms with Crippen LogP contribution in [0.15, 0.2) is 36.4 Å². The van der Waals surface area contributed by atoms with E-state index < -0.39 is 0 Å². The molecule has 0 fully saturated rings. The Balaban J connectivity index is 2.24. The smallest absolute Gasteiger partial charge is 0.248 e. The van der Waals surface area contributed by atoms with Crippen molar-refractivity contribution in [2.24, 2.45) is 0 Å². The number of nitrogens with one attached hydrogen (secondary N) is 1. The number of carbonyl (C=O) groups excluding carboxylic acids is 1. The summed E-state index contributed by atoms with van der Waals surface area (Å²) in [5, 5.41) is 3.81. The van der Waals surface area contributed by atoms with E-state index >= 15 is 0 Å². The Morgan fingerprint density at radius 3 is 2.71 bits per heavy atom. The Hall–Kier alpha value is -1.97. The summed E-state index contributed by atoms with van der Waals surface area (Å²) in [6.45, 7) is 4.03. The summed E-state index contributed by atoms with van der Waals surface area (Å²) in [4.78, 5) is 12.3. The van der Waals surface area contributed by atoms with Gasteiger partial charge >= 0.3 is 0 Å². The number of hydrogen-bond acceptors (Lipinski definition) is 2. The van der Waals surface area contributed by atoms with Gasteiger partial charge in [-0.15, -0.1) is 0 Å². The minimum atomic E-state index is -0.225. The number of rotatable bonds is 5. The van der Waals surface area contributed by atoms with E-state index in [1.165, 1.54) is 13.2 Å². The number of hydrogen-bond donors (Lipinski definition) is 1. The Labute approximate surface area is 152 Å². The minimum Gasteiger partial charge on any atom is -0.495 e. The van der Waals surface area contributed by atoms with Crippen LogP contribution in [0.2, 0.25) is 10.0 Å². The molecule has 3 nitrogen and oxygen atoms in total. The maximum absolute atomic E-state index is 12.3. The zero-order valence-electron chi connectivity index (χ0n) is 13.8. The molecule has 2 aromatic carbocycles. The van der Waals surface area contributed by atoms with Crippen LogP contribution in [0.1, 0.15) is 23.6 Å². The quantitative estimate of drug-likeness (QED) is 0.709. The molecule has 0 unspecified atom stereocenters. The predicted molar refractivity (Wildman–Crippen MR) is 101 cm³/mol. The van der Waals surface area contributed by atoms with Gasteiger partial charge in [0, 0.05) is 22.3 Å². The first-order valence-electron chi connectivity index (χ1n) is 7.56. The van der Waals surface area contributed by atoms with Gasteiger partial charge in [-0.05, 0) is 42.7 Å². The van der Waals surface area contributed by atoms with Crippen LogP contribution >= 0.6 is 23.2 Å². The average Bonchev–Trinajstić information content (AvgIpc) is 2.54. The van der Waals surface area contributed by atoms with Crippen LogP contribution in [0.4, 0.5) is 5.69 Å². The van der Waals surface area contributed by atoms with Gasteiger partial charge in [-0.3, -0.25) is 4.79 Å². The van der Waals surface area contributed by atoms with E-state index in [1.807, 2.05) is 25.1 Å². The maximum Gasteiger partial charge on any atom is 0.248 e. The Bertz CT molecular complexity index is 785. The molecule has 0 bridgehead atoms. The summed E-state index contributed by atoms with van der Waals surface area (Å²) in [7, 11) is 1.52. The van der Waals surface area contributed by atoms with E-state index in [0.717, 1.165) is 23.2 Å². The minimum absolute atomic E-state index is 0.225. The van der Waals surface area contributed by atoms with Crippen molar-refractivity contribution in [2.75, 3.05) is 12.4 Å². The fourth-order valence-corrected chi connectivity index (χ4v) is 3.04. The number of para-hydroxylation sites is 1. The number of methoxy groups -OCH3 is 1. The zero-order valence-corrected chi connectivity index (χ0v) is 15.3. The highest BCUT2D eigenvalue weighted by atomic mass is 35.5. The van der Waals surface area contributed by atoms with Gasteiger partial charge in [-0.2, -0.15) is 0 Å². The second-order valence-corrected chi connectivity index (χ2v) is 6.14. The van der Waals surface area contributed by atoms with E-state index in [1.54, 1.807) is 18.2 Å². The van der Waals surface area contributed by atoms with Gasteiger partial charge in [0.25, 0.3) is 0 Å². The van der Waals surface area contributed by atoms with Crippen LogP contribution in [-0.2, 0) is 11.2 Å². The molecule has 0 aliphatic carbocycles. The largest absolute Gasteiger partial charge is 0.495 e. The Morgan fingerprint density at radius 2 is 2.04 bits per heavy atom. The molecule has 126 valence electrons. The van der Waals surface area contributed by atoms with E-state index in [9.17, 15) is 4.79 Å². The van der Waals surface area contributed by atoms with E-state index in [4.69, 9.17) is 27.9 Å². The van der Waals surface area contributed by atoms with Crippen molar-refractivity contribution in [1.29, 1.82) is 0 Å². The van der Waals surface area contributed by atoms with Gasteiger partial charge in [0.15, 0.2) is 0 Å². The molecule has 0 saturated heterocycles. The molecule has 1 N–H and O–H groups in total. The molecule has 0 aromatic heterocycles. The first-order valence-corrected chi connectivity index (χ1v) is 8.32. The van der Waals surface area contributed by atoms with Crippen molar-refractivity contribution < 1.29 is 9.53 Å². The normalized spacial score (nSPS) is 10.9. The van der Waals surface area contributed by atoms with Crippen molar-refractivity contribution in [3.05, 3.63) is 63.1 Å². The standard InChI is InChI=1S/C19H19Cl2NO2/c1-4-13-7-5-6-12(2)18(13)22-17(23)9-8-14-10-15(20)11-16(21)19(14)24-3/h5-11H,4H2,1-3H3,(H,22,23)/b9-8+. The number of halogens is 2. The first kappa shape index (κ1) is 18.4. The van der Waals surface area contributed by atoms with Crippen LogP contribution in [0, 0.1) is 6.92 Å². The fourth-order valence-electron chi connectivity index (χ4n) is 2.45. The highest BCUT2D eigenvalue weighted by Crippen LogP contribution is 2.33. The summed E-state index contributed by atoms with van der Waals surface area (Å²) in [5.41, 5.74) is 3.62. The Morgan fingerprint density at radius 1 is 1.29 bits per heavy atom. The molecule has 0 aliphatic rings. The van der Waals surface area contributed by atoms with Crippen molar-refractivity contribution in [1.82, 2.24) is 0 Å². The summed E-state index contributed by atoms with van der Waals surface area (Å²) in [6, 6.07) is 9.25. The van der Waals surface area contributed by atoms with E-state index in [-0.39, 0.29) is 5.91 Å². The van der Waals surface area contributed by atoms with Crippen molar-refractivity contribution in [3.63, 3.8) is 0 Å². The fraction of sp³-hybridized carbons (Fsp3) is 0.211. The zero-order chi connectivity index (χ0) is 17.7. The topological polar surface area (TPSA) is 38.3 Å². The number of carbonyl (C=O) groups is 1. The molecule has 0 atom stereocenters. The molecule has 0 heterocycles. The summed E-state index contributed by atoms with van der Waals surface area (Å²) < 4.78 is 5.26. The number of aryl methyl sites for hydroxylation is 2. The molecule has 2 rings (SSSR count). The summed E-state index contributed by atoms with van der Waals surface area (Å²) in [5.74, 6) is 0.257. The third-order valence-corrected chi connectivity index (χ3v) is 4.14. The highest BCUT2D eigenvalue weighted by molar-refractivity contribution is 6.36. The van der Waals surface area contributed by atoms with Crippen molar-refractivity contribution in [2.45, 2.75) is 20.3 Å². The number of anilines is 1. The maximum atomic E-state index is 12.3. The second kappa shape index (κ2) is 8.22. The van der Waals surface area contributed by atoms with Crippen LogP contribution in [0.25, 0.3) is 6.08 Å². The van der Waals surface area contributed by atoms with Crippen LogP contribution < -0.4 is 10.1 Å².